The van der Waals surface area contributed by atoms with Crippen LogP contribution < -0.4 is 5.56 Å². The van der Waals surface area contributed by atoms with Gasteiger partial charge in [0.1, 0.15) is 5.01 Å². The van der Waals surface area contributed by atoms with Crippen molar-refractivity contribution in [2.24, 2.45) is 0 Å². The molecule has 0 aliphatic heterocycles. The van der Waals surface area contributed by atoms with E-state index in [0.717, 1.165) is 10.6 Å². The average molecular weight is 328 g/mol. The molecule has 0 unspecified atom stereocenters. The van der Waals surface area contributed by atoms with Crippen LogP contribution in [0, 0.1) is 0 Å². The largest absolute Gasteiger partial charge is 0.283 e. The summed E-state index contributed by atoms with van der Waals surface area (Å²) >= 11 is 7.59. The quantitative estimate of drug-likeness (QED) is 0.565. The van der Waals surface area contributed by atoms with Crippen molar-refractivity contribution < 1.29 is 0 Å². The summed E-state index contributed by atoms with van der Waals surface area (Å²) in [6.45, 7) is 0. The first-order valence-corrected chi connectivity index (χ1v) is 7.93. The summed E-state index contributed by atoms with van der Waals surface area (Å²) in [6.07, 6.45) is 0.587. The molecule has 0 atom stereocenters. The topological polar surface area (TPSA) is 47.3 Å². The van der Waals surface area contributed by atoms with Crippen molar-refractivity contribution in [2.45, 2.75) is 6.42 Å². The van der Waals surface area contributed by atoms with Gasteiger partial charge < -0.3 is 0 Å². The van der Waals surface area contributed by atoms with E-state index in [9.17, 15) is 4.79 Å². The summed E-state index contributed by atoms with van der Waals surface area (Å²) in [4.78, 5) is 17.6. The third kappa shape index (κ3) is 2.19. The minimum atomic E-state index is -0.137. The zero-order valence-electron chi connectivity index (χ0n) is 11.4. The molecule has 2 aromatic heterocycles. The molecule has 4 rings (SSSR count). The zero-order valence-corrected chi connectivity index (χ0v) is 12.9. The highest BCUT2D eigenvalue weighted by Crippen LogP contribution is 2.22. The van der Waals surface area contributed by atoms with Crippen LogP contribution in [0.4, 0.5) is 0 Å². The van der Waals surface area contributed by atoms with Crippen LogP contribution in [0.1, 0.15) is 10.6 Å². The van der Waals surface area contributed by atoms with Gasteiger partial charge in [0.25, 0.3) is 5.56 Å². The maximum absolute atomic E-state index is 12.5. The first-order valence-electron chi connectivity index (χ1n) is 6.73. The fourth-order valence-corrected chi connectivity index (χ4v) is 3.49. The molecular weight excluding hydrogens is 318 g/mol. The number of aromatic nitrogens is 3. The maximum Gasteiger partial charge on any atom is 0.283 e. The second-order valence-electron chi connectivity index (χ2n) is 4.89. The van der Waals surface area contributed by atoms with Gasteiger partial charge in [0.2, 0.25) is 4.96 Å². The lowest BCUT2D eigenvalue weighted by atomic mass is 10.2. The Morgan fingerprint density at radius 3 is 2.73 bits per heavy atom. The van der Waals surface area contributed by atoms with Crippen molar-refractivity contribution in [1.82, 2.24) is 14.6 Å². The van der Waals surface area contributed by atoms with Crippen LogP contribution in [0.15, 0.2) is 53.3 Å². The van der Waals surface area contributed by atoms with E-state index in [4.69, 9.17) is 11.6 Å². The van der Waals surface area contributed by atoms with E-state index in [2.05, 4.69) is 10.1 Å². The second kappa shape index (κ2) is 5.19. The first kappa shape index (κ1) is 13.4. The Labute approximate surface area is 134 Å². The summed E-state index contributed by atoms with van der Waals surface area (Å²) in [5.74, 6) is 0. The predicted octanol–water partition coefficient (Wildman–Crippen LogP) is 3.55. The van der Waals surface area contributed by atoms with Crippen LogP contribution in [0.2, 0.25) is 5.02 Å². The fraction of sp³-hybridized carbons (Fsp3) is 0.0625. The van der Waals surface area contributed by atoms with Gasteiger partial charge in [-0.3, -0.25) is 4.79 Å². The molecule has 108 valence electrons. The molecule has 0 spiro atoms. The monoisotopic (exact) mass is 327 g/mol. The van der Waals surface area contributed by atoms with Crippen molar-refractivity contribution in [2.75, 3.05) is 0 Å². The number of benzene rings is 2. The number of nitrogens with zero attached hydrogens (tertiary/aromatic N) is 3. The number of halogens is 1. The second-order valence-corrected chi connectivity index (χ2v) is 6.34. The van der Waals surface area contributed by atoms with E-state index in [1.54, 1.807) is 6.07 Å². The van der Waals surface area contributed by atoms with Crippen LogP contribution in [0.3, 0.4) is 0 Å². The molecule has 0 aliphatic carbocycles. The van der Waals surface area contributed by atoms with Gasteiger partial charge in [-0.15, -0.1) is 0 Å². The van der Waals surface area contributed by atoms with Crippen LogP contribution in [0.25, 0.3) is 15.9 Å². The van der Waals surface area contributed by atoms with E-state index in [1.807, 2.05) is 42.5 Å². The van der Waals surface area contributed by atoms with Crippen LogP contribution in [0.5, 0.6) is 0 Å². The Bertz CT molecular complexity index is 1050. The standard InChI is InChI=1S/C16H10ClN3OS/c17-12-7-3-1-5-10(12)9-14-19-20-15(21)11-6-2-4-8-13(11)18-16(20)22-14/h1-8H,9H2. The van der Waals surface area contributed by atoms with E-state index in [0.29, 0.717) is 27.3 Å². The SMILES string of the molecule is O=c1c2ccccc2nc2sc(Cc3ccccc3Cl)nn12. The third-order valence-electron chi connectivity index (χ3n) is 3.44. The molecule has 0 radical (unpaired) electrons. The lowest BCUT2D eigenvalue weighted by molar-refractivity contribution is 0.878. The molecule has 0 saturated carbocycles. The highest BCUT2D eigenvalue weighted by molar-refractivity contribution is 7.16. The number of rotatable bonds is 2. The lowest BCUT2D eigenvalue weighted by Gasteiger charge is -1.99. The number of fused-ring (bicyclic) bond motifs is 2. The Morgan fingerprint density at radius 1 is 1.09 bits per heavy atom. The molecule has 2 heterocycles. The fourth-order valence-electron chi connectivity index (χ4n) is 2.37. The van der Waals surface area contributed by atoms with Gasteiger partial charge >= 0.3 is 0 Å². The number of hydrogen-bond acceptors (Lipinski definition) is 4. The van der Waals surface area contributed by atoms with Crippen LogP contribution in [-0.2, 0) is 6.42 Å². The van der Waals surface area contributed by atoms with Gasteiger partial charge in [-0.2, -0.15) is 9.61 Å². The zero-order chi connectivity index (χ0) is 15.1. The number of para-hydroxylation sites is 1. The van der Waals surface area contributed by atoms with Crippen LogP contribution >= 0.6 is 22.9 Å². The van der Waals surface area contributed by atoms with E-state index < -0.39 is 0 Å². The third-order valence-corrected chi connectivity index (χ3v) is 4.72. The molecule has 0 bridgehead atoms. The minimum Gasteiger partial charge on any atom is -0.267 e. The molecule has 4 aromatic rings. The van der Waals surface area contributed by atoms with Gasteiger partial charge in [-0.05, 0) is 23.8 Å². The Hall–Kier alpha value is -2.24. The minimum absolute atomic E-state index is 0.137. The molecule has 0 aliphatic rings. The van der Waals surface area contributed by atoms with Crippen molar-refractivity contribution in [3.05, 3.63) is 74.5 Å². The van der Waals surface area contributed by atoms with Crippen molar-refractivity contribution in [1.29, 1.82) is 0 Å². The molecule has 4 nitrogen and oxygen atoms in total. The van der Waals surface area contributed by atoms with Crippen molar-refractivity contribution in [3.8, 4) is 0 Å². The first-order chi connectivity index (χ1) is 10.7. The van der Waals surface area contributed by atoms with Gasteiger partial charge in [0.15, 0.2) is 0 Å². The van der Waals surface area contributed by atoms with Gasteiger partial charge in [-0.25, -0.2) is 4.98 Å². The number of hydrogen-bond donors (Lipinski definition) is 0. The van der Waals surface area contributed by atoms with E-state index >= 15 is 0 Å². The van der Waals surface area contributed by atoms with Gasteiger partial charge in [0.05, 0.1) is 10.9 Å². The highest BCUT2D eigenvalue weighted by atomic mass is 35.5. The highest BCUT2D eigenvalue weighted by Gasteiger charge is 2.11. The summed E-state index contributed by atoms with van der Waals surface area (Å²) < 4.78 is 1.37. The van der Waals surface area contributed by atoms with Gasteiger partial charge in [-0.1, -0.05) is 53.3 Å². The molecular formula is C16H10ClN3OS. The maximum atomic E-state index is 12.5. The average Bonchev–Trinajstić information content (AvgIpc) is 2.93. The normalized spacial score (nSPS) is 11.3. The summed E-state index contributed by atoms with van der Waals surface area (Å²) in [5.41, 5.74) is 1.54. The summed E-state index contributed by atoms with van der Waals surface area (Å²) in [5, 5.41) is 6.49. The molecule has 0 fully saturated rings. The molecule has 0 saturated heterocycles. The molecule has 6 heteroatoms. The van der Waals surface area contributed by atoms with E-state index in [1.165, 1.54) is 15.9 Å². The van der Waals surface area contributed by atoms with Crippen molar-refractivity contribution >= 4 is 38.8 Å². The molecule has 0 N–H and O–H groups in total. The van der Waals surface area contributed by atoms with Gasteiger partial charge in [0, 0.05) is 11.4 Å². The Kier molecular flexibility index (Phi) is 3.17. The predicted molar refractivity (Wildman–Crippen MR) is 88.9 cm³/mol. The molecule has 0 amide bonds. The molecule has 2 aromatic carbocycles. The molecule has 22 heavy (non-hydrogen) atoms. The van der Waals surface area contributed by atoms with Crippen LogP contribution in [-0.4, -0.2) is 14.6 Å². The summed E-state index contributed by atoms with van der Waals surface area (Å²) in [7, 11) is 0. The smallest absolute Gasteiger partial charge is 0.267 e. The lowest BCUT2D eigenvalue weighted by Crippen LogP contribution is -2.15. The van der Waals surface area contributed by atoms with E-state index in [-0.39, 0.29) is 5.56 Å². The Morgan fingerprint density at radius 2 is 1.86 bits per heavy atom. The van der Waals surface area contributed by atoms with Crippen molar-refractivity contribution in [3.63, 3.8) is 0 Å². The summed E-state index contributed by atoms with van der Waals surface area (Å²) in [6, 6.07) is 14.9. The Balaban J connectivity index is 1.87.